The van der Waals surface area contributed by atoms with E-state index in [1.54, 1.807) is 24.3 Å². The molecule has 1 unspecified atom stereocenters. The highest BCUT2D eigenvalue weighted by Crippen LogP contribution is 2.46. The molecule has 3 aliphatic heterocycles. The van der Waals surface area contributed by atoms with Crippen molar-refractivity contribution < 1.29 is 27.2 Å². The summed E-state index contributed by atoms with van der Waals surface area (Å²) in [5, 5.41) is 19.1. The van der Waals surface area contributed by atoms with E-state index in [1.807, 2.05) is 6.07 Å². The van der Waals surface area contributed by atoms with E-state index < -0.39 is 12.8 Å². The second-order valence-electron chi connectivity index (χ2n) is 10.7. The summed E-state index contributed by atoms with van der Waals surface area (Å²) in [5.41, 5.74) is 2.90. The molecule has 1 aliphatic carbocycles. The van der Waals surface area contributed by atoms with Gasteiger partial charge in [0.25, 0.3) is 0 Å². The van der Waals surface area contributed by atoms with Crippen LogP contribution in [-0.4, -0.2) is 30.0 Å². The van der Waals surface area contributed by atoms with E-state index in [1.165, 1.54) is 12.1 Å². The average Bonchev–Trinajstić information content (AvgIpc) is 3.35. The van der Waals surface area contributed by atoms with Crippen LogP contribution in [0.2, 0.25) is 0 Å². The third-order valence-electron chi connectivity index (χ3n) is 8.19. The van der Waals surface area contributed by atoms with Crippen LogP contribution in [0.5, 0.6) is 5.75 Å². The molecule has 4 heterocycles. The van der Waals surface area contributed by atoms with E-state index in [9.17, 15) is 8.78 Å². The third-order valence-corrected chi connectivity index (χ3v) is 8.19. The van der Waals surface area contributed by atoms with E-state index in [4.69, 9.17) is 14.0 Å². The zero-order valence-electron chi connectivity index (χ0n) is 21.5. The van der Waals surface area contributed by atoms with Crippen molar-refractivity contribution in [1.82, 2.24) is 5.16 Å². The molecule has 1 aromatic heterocycles. The number of halogens is 3. The second kappa shape index (κ2) is 10.3. The van der Waals surface area contributed by atoms with Crippen LogP contribution in [0.4, 0.5) is 18.9 Å². The molecule has 40 heavy (non-hydrogen) atoms. The van der Waals surface area contributed by atoms with Gasteiger partial charge < -0.3 is 18.9 Å². The normalized spacial score (nSPS) is 24.0. The molecule has 208 valence electrons. The molecule has 3 fully saturated rings. The summed E-state index contributed by atoms with van der Waals surface area (Å²) in [5.74, 6) is 0.761. The second-order valence-corrected chi connectivity index (χ2v) is 10.7. The fraction of sp³-hybridized carbons (Fsp3) is 0.464. The lowest BCUT2D eigenvalue weighted by molar-refractivity contribution is -0.0494. The Morgan fingerprint density at radius 3 is 2.42 bits per heavy atom. The predicted molar refractivity (Wildman–Crippen MR) is 136 cm³/mol. The standard InChI is InChI=1S/C28H27F3N6O3/c29-22-11-16(27-32-35-36-33-27)7-10-23(22)37-17-8-9-18(37)13-19(12-17)38-14-21-25(34-40-26(21)15-5-6-15)20-3-1-2-4-24(20)39-28(30)31/h1-4,7,10-11,15,17-19,27-28H,5-6,8-9,12-14H2/t17-,18+,19?. The van der Waals surface area contributed by atoms with Crippen LogP contribution in [0, 0.1) is 5.82 Å². The lowest BCUT2D eigenvalue weighted by Gasteiger charge is -2.40. The van der Waals surface area contributed by atoms with Crippen molar-refractivity contribution in [2.75, 3.05) is 4.90 Å². The van der Waals surface area contributed by atoms with Gasteiger partial charge >= 0.3 is 6.61 Å². The summed E-state index contributed by atoms with van der Waals surface area (Å²) < 4.78 is 58.3. The van der Waals surface area contributed by atoms with Crippen LogP contribution in [0.3, 0.4) is 0 Å². The predicted octanol–water partition coefficient (Wildman–Crippen LogP) is 7.51. The first-order chi connectivity index (χ1) is 19.5. The number of benzene rings is 2. The van der Waals surface area contributed by atoms with Crippen LogP contribution < -0.4 is 9.64 Å². The van der Waals surface area contributed by atoms with Crippen molar-refractivity contribution in [3.05, 3.63) is 65.2 Å². The summed E-state index contributed by atoms with van der Waals surface area (Å²) in [6, 6.07) is 12.0. The molecule has 2 saturated heterocycles. The number of rotatable bonds is 9. The number of hydrogen-bond acceptors (Lipinski definition) is 9. The number of anilines is 1. The Kier molecular flexibility index (Phi) is 6.49. The highest BCUT2D eigenvalue weighted by molar-refractivity contribution is 5.70. The molecule has 12 heteroatoms. The van der Waals surface area contributed by atoms with Gasteiger partial charge in [0, 0.05) is 34.7 Å². The van der Waals surface area contributed by atoms with Crippen molar-refractivity contribution in [2.24, 2.45) is 20.7 Å². The van der Waals surface area contributed by atoms with Crippen molar-refractivity contribution in [3.8, 4) is 17.0 Å². The molecule has 0 radical (unpaired) electrons. The Morgan fingerprint density at radius 1 is 0.975 bits per heavy atom. The molecule has 3 aromatic rings. The zero-order chi connectivity index (χ0) is 27.2. The number of aromatic nitrogens is 1. The van der Waals surface area contributed by atoms with E-state index >= 15 is 4.39 Å². The summed E-state index contributed by atoms with van der Waals surface area (Å²) in [4.78, 5) is 2.19. The molecule has 0 amide bonds. The molecule has 3 atom stereocenters. The molecule has 2 bridgehead atoms. The minimum absolute atomic E-state index is 0.0299. The first-order valence-electron chi connectivity index (χ1n) is 13.6. The fourth-order valence-corrected chi connectivity index (χ4v) is 6.25. The molecule has 4 aliphatic rings. The van der Waals surface area contributed by atoms with E-state index in [0.717, 1.165) is 49.8 Å². The van der Waals surface area contributed by atoms with E-state index in [0.29, 0.717) is 22.5 Å². The number of hydrogen-bond donors (Lipinski definition) is 0. The Balaban J connectivity index is 1.08. The molecule has 7 rings (SSSR count). The Labute approximate surface area is 228 Å². The van der Waals surface area contributed by atoms with Gasteiger partial charge in [-0.05, 0) is 73.2 Å². The topological polar surface area (TPSA) is 97.2 Å². The Bertz CT molecular complexity index is 1430. The van der Waals surface area contributed by atoms with Gasteiger partial charge in [-0.2, -0.15) is 8.78 Å². The first-order valence-corrected chi connectivity index (χ1v) is 13.6. The Morgan fingerprint density at radius 2 is 1.73 bits per heavy atom. The van der Waals surface area contributed by atoms with Gasteiger partial charge in [0.2, 0.25) is 6.17 Å². The summed E-state index contributed by atoms with van der Waals surface area (Å²) in [7, 11) is 0. The van der Waals surface area contributed by atoms with Crippen molar-refractivity contribution >= 4 is 5.69 Å². The lowest BCUT2D eigenvalue weighted by atomic mass is 9.98. The van der Waals surface area contributed by atoms with Gasteiger partial charge in [-0.3, -0.25) is 0 Å². The SMILES string of the molecule is Fc1cc(C2N=NN=N2)ccc1N1[C@@H]2CC[C@H]1CC(OCc1c(-c3ccccc3OC(F)F)noc1C1CC1)C2. The average molecular weight is 553 g/mol. The number of para-hydroxylation sites is 1. The van der Waals surface area contributed by atoms with Gasteiger partial charge in [-0.15, -0.1) is 10.2 Å². The highest BCUT2D eigenvalue weighted by atomic mass is 19.3. The van der Waals surface area contributed by atoms with Crippen LogP contribution in [0.25, 0.3) is 11.3 Å². The zero-order valence-corrected chi connectivity index (χ0v) is 21.5. The van der Waals surface area contributed by atoms with Gasteiger partial charge in [-0.25, -0.2) is 4.39 Å². The maximum absolute atomic E-state index is 15.2. The number of alkyl halides is 2. The van der Waals surface area contributed by atoms with E-state index in [-0.39, 0.29) is 42.3 Å². The number of nitrogens with zero attached hydrogens (tertiary/aromatic N) is 6. The molecule has 0 spiro atoms. The van der Waals surface area contributed by atoms with Crippen LogP contribution in [-0.2, 0) is 11.3 Å². The first kappa shape index (κ1) is 25.2. The molecule has 1 saturated carbocycles. The smallest absolute Gasteiger partial charge is 0.387 e. The molecule has 2 aromatic carbocycles. The van der Waals surface area contributed by atoms with Crippen molar-refractivity contribution in [2.45, 2.75) is 82.0 Å². The van der Waals surface area contributed by atoms with Gasteiger partial charge in [0.1, 0.15) is 23.0 Å². The maximum atomic E-state index is 15.2. The maximum Gasteiger partial charge on any atom is 0.387 e. The quantitative estimate of drug-likeness (QED) is 0.274. The number of fused-ring (bicyclic) bond motifs is 2. The van der Waals surface area contributed by atoms with Crippen LogP contribution in [0.1, 0.15) is 67.5 Å². The minimum Gasteiger partial charge on any atom is -0.434 e. The minimum atomic E-state index is -2.95. The summed E-state index contributed by atoms with van der Waals surface area (Å²) >= 11 is 0. The molecule has 9 nitrogen and oxygen atoms in total. The molecular formula is C28H27F3N6O3. The van der Waals surface area contributed by atoms with Gasteiger partial charge in [0.05, 0.1) is 18.4 Å². The monoisotopic (exact) mass is 552 g/mol. The highest BCUT2D eigenvalue weighted by Gasteiger charge is 2.43. The number of piperidine rings is 1. The van der Waals surface area contributed by atoms with Crippen LogP contribution in [0.15, 0.2) is 67.7 Å². The van der Waals surface area contributed by atoms with Gasteiger partial charge in [0.15, 0.2) is 0 Å². The van der Waals surface area contributed by atoms with Crippen LogP contribution >= 0.6 is 0 Å². The Hall–Kier alpha value is -3.80. The van der Waals surface area contributed by atoms with Crippen molar-refractivity contribution in [1.29, 1.82) is 0 Å². The van der Waals surface area contributed by atoms with Crippen molar-refractivity contribution in [3.63, 3.8) is 0 Å². The summed E-state index contributed by atoms with van der Waals surface area (Å²) in [6.45, 7) is -2.69. The number of ether oxygens (including phenoxy) is 2. The lowest BCUT2D eigenvalue weighted by Crippen LogP contribution is -2.46. The van der Waals surface area contributed by atoms with Gasteiger partial charge in [-0.1, -0.05) is 23.4 Å². The fourth-order valence-electron chi connectivity index (χ4n) is 6.25. The summed E-state index contributed by atoms with van der Waals surface area (Å²) in [6.07, 6.45) is 4.81. The molecular weight excluding hydrogens is 525 g/mol. The largest absolute Gasteiger partial charge is 0.434 e. The van der Waals surface area contributed by atoms with E-state index in [2.05, 4.69) is 30.7 Å². The third kappa shape index (κ3) is 4.74. The molecule has 0 N–H and O–H groups in total.